The summed E-state index contributed by atoms with van der Waals surface area (Å²) in [6.07, 6.45) is 2.50. The summed E-state index contributed by atoms with van der Waals surface area (Å²) in [5.41, 5.74) is 2.46. The van der Waals surface area contributed by atoms with Crippen LogP contribution in [0.1, 0.15) is 58.4 Å². The third kappa shape index (κ3) is 2.78. The molecule has 6 heteroatoms. The fourth-order valence-electron chi connectivity index (χ4n) is 2.98. The topological polar surface area (TPSA) is 80.2 Å². The first-order valence-electron chi connectivity index (χ1n) is 7.55. The van der Waals surface area contributed by atoms with Crippen LogP contribution in [-0.2, 0) is 4.74 Å². The third-order valence-corrected chi connectivity index (χ3v) is 4.14. The van der Waals surface area contributed by atoms with Crippen LogP contribution >= 0.6 is 0 Å². The minimum atomic E-state index is -0.124. The Morgan fingerprint density at radius 1 is 1.50 bits per heavy atom. The van der Waals surface area contributed by atoms with Crippen LogP contribution in [0.4, 0.5) is 0 Å². The van der Waals surface area contributed by atoms with Crippen LogP contribution in [0, 0.1) is 13.8 Å². The highest BCUT2D eigenvalue weighted by molar-refractivity contribution is 5.95. The summed E-state index contributed by atoms with van der Waals surface area (Å²) in [4.78, 5) is 12.5. The third-order valence-electron chi connectivity index (χ3n) is 4.14. The van der Waals surface area contributed by atoms with Gasteiger partial charge in [0.1, 0.15) is 11.5 Å². The van der Waals surface area contributed by atoms with E-state index in [-0.39, 0.29) is 17.9 Å². The van der Waals surface area contributed by atoms with E-state index in [1.807, 2.05) is 26.8 Å². The van der Waals surface area contributed by atoms with Gasteiger partial charge in [-0.1, -0.05) is 0 Å². The van der Waals surface area contributed by atoms with Gasteiger partial charge in [-0.15, -0.1) is 0 Å². The Hall–Kier alpha value is -2.08. The van der Waals surface area contributed by atoms with Crippen LogP contribution in [0.5, 0.6) is 0 Å². The van der Waals surface area contributed by atoms with Crippen molar-refractivity contribution in [3.63, 3.8) is 0 Å². The molecule has 2 aromatic rings. The van der Waals surface area contributed by atoms with Crippen molar-refractivity contribution in [1.82, 2.24) is 15.5 Å². The van der Waals surface area contributed by atoms with E-state index in [0.717, 1.165) is 35.8 Å². The van der Waals surface area contributed by atoms with Gasteiger partial charge >= 0.3 is 0 Å². The minimum Gasteiger partial charge on any atom is -0.466 e. The molecule has 0 bridgehead atoms. The monoisotopic (exact) mass is 303 g/mol. The van der Waals surface area contributed by atoms with E-state index in [9.17, 15) is 4.79 Å². The molecule has 2 atom stereocenters. The average Bonchev–Trinajstić information content (AvgIpc) is 3.17. The van der Waals surface area contributed by atoms with Gasteiger partial charge in [-0.2, -0.15) is 5.10 Å². The molecule has 0 radical (unpaired) electrons. The van der Waals surface area contributed by atoms with E-state index in [0.29, 0.717) is 12.2 Å². The molecule has 22 heavy (non-hydrogen) atoms. The lowest BCUT2D eigenvalue weighted by atomic mass is 10.0. The van der Waals surface area contributed by atoms with Gasteiger partial charge < -0.3 is 14.5 Å². The molecule has 3 heterocycles. The molecule has 1 fully saturated rings. The zero-order valence-corrected chi connectivity index (χ0v) is 13.1. The molecule has 2 N–H and O–H groups in total. The van der Waals surface area contributed by atoms with E-state index in [4.69, 9.17) is 9.15 Å². The highest BCUT2D eigenvalue weighted by Gasteiger charge is 2.26. The number of carbonyl (C=O) groups is 1. The van der Waals surface area contributed by atoms with Crippen LogP contribution in [0.2, 0.25) is 0 Å². The highest BCUT2D eigenvalue weighted by Crippen LogP contribution is 2.27. The lowest BCUT2D eigenvalue weighted by molar-refractivity contribution is 0.0938. The van der Waals surface area contributed by atoms with Crippen LogP contribution in [0.25, 0.3) is 0 Å². The first-order chi connectivity index (χ1) is 10.6. The maximum Gasteiger partial charge on any atom is 0.255 e. The van der Waals surface area contributed by atoms with Crippen molar-refractivity contribution in [3.8, 4) is 0 Å². The van der Waals surface area contributed by atoms with Gasteiger partial charge in [-0.25, -0.2) is 0 Å². The summed E-state index contributed by atoms with van der Waals surface area (Å²) in [6.45, 7) is 7.13. The molecule has 118 valence electrons. The number of H-pyrrole nitrogens is 1. The fraction of sp³-hybridized carbons (Fsp3) is 0.500. The Balaban J connectivity index is 1.74. The van der Waals surface area contributed by atoms with Crippen LogP contribution < -0.4 is 5.32 Å². The van der Waals surface area contributed by atoms with E-state index >= 15 is 0 Å². The van der Waals surface area contributed by atoms with Crippen molar-refractivity contribution in [2.24, 2.45) is 0 Å². The number of nitrogens with one attached hydrogen (secondary N) is 2. The molecular weight excluding hydrogens is 282 g/mol. The first kappa shape index (κ1) is 14.8. The smallest absolute Gasteiger partial charge is 0.255 e. The Kier molecular flexibility index (Phi) is 4.02. The Bertz CT molecular complexity index is 668. The molecular formula is C16H21N3O3. The molecule has 0 unspecified atom stereocenters. The van der Waals surface area contributed by atoms with E-state index in [2.05, 4.69) is 15.5 Å². The van der Waals surface area contributed by atoms with E-state index < -0.39 is 0 Å². The van der Waals surface area contributed by atoms with Crippen molar-refractivity contribution in [3.05, 3.63) is 40.6 Å². The predicted octanol–water partition coefficient (Wildman–Crippen LogP) is 2.61. The standard InChI is InChI=1S/C16H21N3O3/c1-9-6-13(11(3)22-9)10(2)18-16(20)14-7-17-19-15(14)12-4-5-21-8-12/h6-7,10,12H,4-5,8H2,1-3H3,(H,17,19)(H,18,20)/t10-,12+/m0/s1. The summed E-state index contributed by atoms with van der Waals surface area (Å²) in [6, 6.07) is 1.84. The molecule has 6 nitrogen and oxygen atoms in total. The number of rotatable bonds is 4. The molecule has 1 aliphatic rings. The Labute approximate surface area is 129 Å². The second kappa shape index (κ2) is 5.96. The molecule has 0 saturated carbocycles. The maximum atomic E-state index is 12.5. The van der Waals surface area contributed by atoms with E-state index in [1.54, 1.807) is 6.20 Å². The zero-order valence-electron chi connectivity index (χ0n) is 13.1. The number of aryl methyl sites for hydroxylation is 2. The molecule has 0 aliphatic carbocycles. The minimum absolute atomic E-state index is 0.118. The second-order valence-electron chi connectivity index (χ2n) is 5.82. The highest BCUT2D eigenvalue weighted by atomic mass is 16.5. The lowest BCUT2D eigenvalue weighted by Crippen LogP contribution is -2.27. The van der Waals surface area contributed by atoms with Crippen LogP contribution in [-0.4, -0.2) is 29.3 Å². The normalized spacial score (nSPS) is 19.3. The Morgan fingerprint density at radius 2 is 2.32 bits per heavy atom. The zero-order chi connectivity index (χ0) is 15.7. The van der Waals surface area contributed by atoms with Gasteiger partial charge in [0.25, 0.3) is 5.91 Å². The molecule has 1 amide bonds. The van der Waals surface area contributed by atoms with Gasteiger partial charge in [0.15, 0.2) is 0 Å². The van der Waals surface area contributed by atoms with Gasteiger partial charge in [0, 0.05) is 18.1 Å². The number of amides is 1. The largest absolute Gasteiger partial charge is 0.466 e. The van der Waals surface area contributed by atoms with Gasteiger partial charge in [0.2, 0.25) is 0 Å². The second-order valence-corrected chi connectivity index (χ2v) is 5.82. The molecule has 0 spiro atoms. The predicted molar refractivity (Wildman–Crippen MR) is 80.8 cm³/mol. The SMILES string of the molecule is Cc1cc([C@H](C)NC(=O)c2cn[nH]c2[C@@H]2CCOC2)c(C)o1. The van der Waals surface area contributed by atoms with Crippen molar-refractivity contribution >= 4 is 5.91 Å². The number of hydrogen-bond acceptors (Lipinski definition) is 4. The van der Waals surface area contributed by atoms with Gasteiger partial charge in [0.05, 0.1) is 30.1 Å². The summed E-state index contributed by atoms with van der Waals surface area (Å²) in [7, 11) is 0. The van der Waals surface area contributed by atoms with Crippen molar-refractivity contribution < 1.29 is 13.9 Å². The lowest BCUT2D eigenvalue weighted by Gasteiger charge is -2.14. The summed E-state index contributed by atoms with van der Waals surface area (Å²) in [5, 5.41) is 9.99. The maximum absolute atomic E-state index is 12.5. The number of aromatic amines is 1. The quantitative estimate of drug-likeness (QED) is 0.910. The summed E-state index contributed by atoms with van der Waals surface area (Å²) in [5.74, 6) is 1.78. The number of aromatic nitrogens is 2. The van der Waals surface area contributed by atoms with Crippen LogP contribution in [0.15, 0.2) is 16.7 Å². The fourth-order valence-corrected chi connectivity index (χ4v) is 2.98. The molecule has 3 rings (SSSR count). The van der Waals surface area contributed by atoms with Gasteiger partial charge in [-0.05, 0) is 33.3 Å². The van der Waals surface area contributed by atoms with Crippen molar-refractivity contribution in [1.29, 1.82) is 0 Å². The molecule has 1 aliphatic heterocycles. The summed E-state index contributed by atoms with van der Waals surface area (Å²) >= 11 is 0. The number of hydrogen-bond donors (Lipinski definition) is 2. The number of nitrogens with zero attached hydrogens (tertiary/aromatic N) is 1. The summed E-state index contributed by atoms with van der Waals surface area (Å²) < 4.78 is 10.9. The van der Waals surface area contributed by atoms with Crippen LogP contribution in [0.3, 0.4) is 0 Å². The van der Waals surface area contributed by atoms with E-state index in [1.165, 1.54) is 0 Å². The van der Waals surface area contributed by atoms with Gasteiger partial charge in [-0.3, -0.25) is 9.89 Å². The number of ether oxygens (including phenoxy) is 1. The molecule has 1 saturated heterocycles. The number of furan rings is 1. The van der Waals surface area contributed by atoms with Crippen molar-refractivity contribution in [2.75, 3.05) is 13.2 Å². The average molecular weight is 303 g/mol. The number of carbonyl (C=O) groups excluding carboxylic acids is 1. The first-order valence-corrected chi connectivity index (χ1v) is 7.55. The molecule has 0 aromatic carbocycles. The Morgan fingerprint density at radius 3 is 2.95 bits per heavy atom. The van der Waals surface area contributed by atoms with Crippen molar-refractivity contribution in [2.45, 2.75) is 39.2 Å². The molecule has 2 aromatic heterocycles.